The van der Waals surface area contributed by atoms with Crippen LogP contribution in [0.4, 0.5) is 0 Å². The summed E-state index contributed by atoms with van der Waals surface area (Å²) in [5, 5.41) is 4.88. The van der Waals surface area contributed by atoms with Crippen LogP contribution in [-0.2, 0) is 0 Å². The Morgan fingerprint density at radius 3 is 1.67 bits per heavy atom. The van der Waals surface area contributed by atoms with Gasteiger partial charge in [-0.25, -0.2) is 4.98 Å². The number of nitrogens with zero attached hydrogens (tertiary/aromatic N) is 2. The molecule has 0 N–H and O–H groups in total. The summed E-state index contributed by atoms with van der Waals surface area (Å²) < 4.78 is 2.26. The number of fused-ring (bicyclic) bond motifs is 3. The number of para-hydroxylation sites is 3. The zero-order chi connectivity index (χ0) is 28.0. The SMILES string of the molecule is [B]c1ccc(-c2c3ccccc3c(-c3cccc(-c4nc5ccccc5n4-c4ccccc4)c3)c3ccccc23)cc1. The molecule has 0 aliphatic rings. The molecule has 8 aromatic rings. The normalized spacial score (nSPS) is 11.4. The lowest BCUT2D eigenvalue weighted by molar-refractivity contribution is 1.10. The first-order chi connectivity index (χ1) is 20.8. The van der Waals surface area contributed by atoms with E-state index in [9.17, 15) is 0 Å². The predicted octanol–water partition coefficient (Wildman–Crippen LogP) is 9.13. The van der Waals surface area contributed by atoms with Gasteiger partial charge in [0.25, 0.3) is 0 Å². The molecule has 1 aromatic heterocycles. The molecular formula is C39H25BN2. The lowest BCUT2D eigenvalue weighted by Crippen LogP contribution is -1.99. The molecule has 42 heavy (non-hydrogen) atoms. The van der Waals surface area contributed by atoms with Crippen molar-refractivity contribution in [3.05, 3.63) is 152 Å². The van der Waals surface area contributed by atoms with Crippen molar-refractivity contribution in [1.29, 1.82) is 0 Å². The fourth-order valence-electron chi connectivity index (χ4n) is 6.27. The van der Waals surface area contributed by atoms with Gasteiger partial charge in [-0.15, -0.1) is 0 Å². The van der Waals surface area contributed by atoms with Crippen LogP contribution in [0, 0.1) is 0 Å². The molecule has 0 spiro atoms. The van der Waals surface area contributed by atoms with Crippen molar-refractivity contribution in [2.75, 3.05) is 0 Å². The fraction of sp³-hybridized carbons (Fsp3) is 0. The van der Waals surface area contributed by atoms with Crippen molar-refractivity contribution in [2.45, 2.75) is 0 Å². The molecule has 0 fully saturated rings. The van der Waals surface area contributed by atoms with Gasteiger partial charge in [-0.3, -0.25) is 4.57 Å². The summed E-state index contributed by atoms with van der Waals surface area (Å²) in [4.78, 5) is 5.13. The highest BCUT2D eigenvalue weighted by atomic mass is 15.1. The molecule has 0 bridgehead atoms. The topological polar surface area (TPSA) is 17.8 Å². The van der Waals surface area contributed by atoms with Gasteiger partial charge in [-0.2, -0.15) is 0 Å². The van der Waals surface area contributed by atoms with Crippen molar-refractivity contribution in [3.63, 3.8) is 0 Å². The lowest BCUT2D eigenvalue weighted by atomic mass is 9.85. The van der Waals surface area contributed by atoms with E-state index < -0.39 is 0 Å². The van der Waals surface area contributed by atoms with Crippen molar-refractivity contribution in [3.8, 4) is 39.3 Å². The third-order valence-electron chi connectivity index (χ3n) is 8.12. The number of benzene rings is 7. The second-order valence-electron chi connectivity index (χ2n) is 10.6. The minimum absolute atomic E-state index is 0.766. The monoisotopic (exact) mass is 532 g/mol. The number of hydrogen-bond donors (Lipinski definition) is 0. The molecule has 8 rings (SSSR count). The van der Waals surface area contributed by atoms with Crippen LogP contribution in [0.3, 0.4) is 0 Å². The predicted molar refractivity (Wildman–Crippen MR) is 178 cm³/mol. The van der Waals surface area contributed by atoms with Crippen molar-refractivity contribution in [2.24, 2.45) is 0 Å². The molecular weight excluding hydrogens is 507 g/mol. The summed E-state index contributed by atoms with van der Waals surface area (Å²) in [6.07, 6.45) is 0. The number of hydrogen-bond acceptors (Lipinski definition) is 1. The molecule has 0 aliphatic carbocycles. The molecule has 0 aliphatic heterocycles. The van der Waals surface area contributed by atoms with Gasteiger partial charge in [0, 0.05) is 11.3 Å². The molecule has 0 amide bonds. The van der Waals surface area contributed by atoms with Crippen LogP contribution in [0.5, 0.6) is 0 Å². The summed E-state index contributed by atoms with van der Waals surface area (Å²) in [6, 6.07) is 53.3. The second-order valence-corrected chi connectivity index (χ2v) is 10.6. The molecule has 7 aromatic carbocycles. The van der Waals surface area contributed by atoms with Gasteiger partial charge in [0.1, 0.15) is 13.7 Å². The molecule has 2 nitrogen and oxygen atoms in total. The molecule has 0 saturated heterocycles. The summed E-state index contributed by atoms with van der Waals surface area (Å²) in [5.41, 5.74) is 9.78. The highest BCUT2D eigenvalue weighted by molar-refractivity contribution is 6.32. The fourth-order valence-corrected chi connectivity index (χ4v) is 6.27. The standard InChI is InChI=1S/C39H25BN2/c40-29-23-21-26(22-24-29)37-31-15-4-6-17-33(31)38(34-18-7-5-16-32(34)37)27-11-10-12-28(25-27)39-41-35-19-8-9-20-36(35)42(39)30-13-2-1-3-14-30/h1-25H. The first-order valence-corrected chi connectivity index (χ1v) is 14.2. The molecule has 1 heterocycles. The Kier molecular flexibility index (Phi) is 5.75. The van der Waals surface area contributed by atoms with Crippen molar-refractivity contribution < 1.29 is 0 Å². The highest BCUT2D eigenvalue weighted by Gasteiger charge is 2.18. The van der Waals surface area contributed by atoms with Gasteiger partial charge < -0.3 is 0 Å². The smallest absolute Gasteiger partial charge is 0.145 e. The van der Waals surface area contributed by atoms with Crippen LogP contribution >= 0.6 is 0 Å². The van der Waals surface area contributed by atoms with E-state index >= 15 is 0 Å². The lowest BCUT2D eigenvalue weighted by Gasteiger charge is -2.18. The van der Waals surface area contributed by atoms with Gasteiger partial charge in [-0.1, -0.05) is 127 Å². The van der Waals surface area contributed by atoms with E-state index in [0.29, 0.717) is 0 Å². The Labute approximate surface area is 245 Å². The summed E-state index contributed by atoms with van der Waals surface area (Å²) >= 11 is 0. The Hall–Kier alpha value is -5.41. The van der Waals surface area contributed by atoms with E-state index in [1.807, 2.05) is 24.3 Å². The quantitative estimate of drug-likeness (QED) is 0.163. The maximum Gasteiger partial charge on any atom is 0.145 e. The van der Waals surface area contributed by atoms with Gasteiger partial charge in [-0.05, 0) is 74.1 Å². The van der Waals surface area contributed by atoms with E-state index in [1.54, 1.807) is 0 Å². The maximum absolute atomic E-state index is 6.06. The Morgan fingerprint density at radius 1 is 0.452 bits per heavy atom. The highest BCUT2D eigenvalue weighted by Crippen LogP contribution is 2.44. The van der Waals surface area contributed by atoms with Gasteiger partial charge in [0.05, 0.1) is 11.0 Å². The summed E-state index contributed by atoms with van der Waals surface area (Å²) in [6.45, 7) is 0. The summed E-state index contributed by atoms with van der Waals surface area (Å²) in [5.74, 6) is 0.927. The van der Waals surface area contributed by atoms with Crippen molar-refractivity contribution >= 4 is 45.9 Å². The van der Waals surface area contributed by atoms with Crippen LogP contribution in [0.25, 0.3) is 71.9 Å². The first-order valence-electron chi connectivity index (χ1n) is 14.2. The third-order valence-corrected chi connectivity index (χ3v) is 8.12. The number of aromatic nitrogens is 2. The van der Waals surface area contributed by atoms with Gasteiger partial charge in [0.2, 0.25) is 0 Å². The van der Waals surface area contributed by atoms with E-state index in [1.165, 1.54) is 32.7 Å². The van der Waals surface area contributed by atoms with Crippen LogP contribution < -0.4 is 5.46 Å². The summed E-state index contributed by atoms with van der Waals surface area (Å²) in [7, 11) is 6.06. The van der Waals surface area contributed by atoms with E-state index in [2.05, 4.69) is 132 Å². The Morgan fingerprint density at radius 2 is 1.00 bits per heavy atom. The van der Waals surface area contributed by atoms with Gasteiger partial charge in [0.15, 0.2) is 0 Å². The molecule has 0 atom stereocenters. The van der Waals surface area contributed by atoms with Crippen LogP contribution in [0.2, 0.25) is 0 Å². The molecule has 2 radical (unpaired) electrons. The first kappa shape index (κ1) is 24.4. The van der Waals surface area contributed by atoms with Crippen LogP contribution in [0.1, 0.15) is 0 Å². The van der Waals surface area contributed by atoms with Crippen molar-refractivity contribution in [1.82, 2.24) is 9.55 Å². The maximum atomic E-state index is 6.06. The van der Waals surface area contributed by atoms with Crippen LogP contribution in [-0.4, -0.2) is 17.4 Å². The zero-order valence-corrected chi connectivity index (χ0v) is 22.9. The molecule has 194 valence electrons. The third kappa shape index (κ3) is 3.94. The van der Waals surface area contributed by atoms with E-state index in [0.717, 1.165) is 44.7 Å². The molecule has 3 heteroatoms. The number of imidazole rings is 1. The second kappa shape index (κ2) is 9.90. The number of rotatable bonds is 4. The Bertz CT molecular complexity index is 2190. The average Bonchev–Trinajstić information content (AvgIpc) is 3.44. The van der Waals surface area contributed by atoms with Crippen LogP contribution in [0.15, 0.2) is 152 Å². The molecule has 0 unspecified atom stereocenters. The van der Waals surface area contributed by atoms with Gasteiger partial charge >= 0.3 is 0 Å². The minimum atomic E-state index is 0.766. The van der Waals surface area contributed by atoms with E-state index in [-0.39, 0.29) is 0 Å². The minimum Gasteiger partial charge on any atom is -0.292 e. The van der Waals surface area contributed by atoms with E-state index in [4.69, 9.17) is 12.8 Å². The average molecular weight is 532 g/mol. The largest absolute Gasteiger partial charge is 0.292 e. The Balaban J connectivity index is 1.41. The zero-order valence-electron chi connectivity index (χ0n) is 22.9. The molecule has 0 saturated carbocycles.